The van der Waals surface area contributed by atoms with Crippen LogP contribution in [0.15, 0.2) is 42.5 Å². The topological polar surface area (TPSA) is 117 Å². The summed E-state index contributed by atoms with van der Waals surface area (Å²) in [5.74, 6) is -0.236. The zero-order chi connectivity index (χ0) is 20.5. The van der Waals surface area contributed by atoms with Gasteiger partial charge >= 0.3 is 5.97 Å². The van der Waals surface area contributed by atoms with Crippen LogP contribution in [-0.2, 0) is 16.0 Å². The van der Waals surface area contributed by atoms with E-state index in [1.54, 1.807) is 20.3 Å². The summed E-state index contributed by atoms with van der Waals surface area (Å²) < 4.78 is 10.4. The zero-order valence-electron chi connectivity index (χ0n) is 15.8. The lowest BCUT2D eigenvalue weighted by Crippen LogP contribution is -2.40. The van der Waals surface area contributed by atoms with E-state index >= 15 is 0 Å². The highest BCUT2D eigenvalue weighted by molar-refractivity contribution is 5.94. The molecule has 2 aromatic carbocycles. The molecule has 1 amide bonds. The largest absolute Gasteiger partial charge is 0.508 e. The van der Waals surface area contributed by atoms with E-state index in [-0.39, 0.29) is 12.2 Å². The Labute approximate surface area is 163 Å². The molecule has 8 heteroatoms. The molecule has 0 fully saturated rings. The molecule has 2 aromatic rings. The zero-order valence-corrected chi connectivity index (χ0v) is 15.8. The number of aromatic hydroxyl groups is 1. The molecule has 0 saturated carbocycles. The molecule has 0 aliphatic heterocycles. The van der Waals surface area contributed by atoms with Crippen molar-refractivity contribution >= 4 is 17.6 Å². The van der Waals surface area contributed by atoms with Gasteiger partial charge in [-0.2, -0.15) is 0 Å². The van der Waals surface area contributed by atoms with Gasteiger partial charge in [-0.25, -0.2) is 0 Å². The monoisotopic (exact) mass is 388 g/mol. The lowest BCUT2D eigenvalue weighted by molar-refractivity contribution is -0.141. The van der Waals surface area contributed by atoms with Crippen molar-refractivity contribution in [3.63, 3.8) is 0 Å². The van der Waals surface area contributed by atoms with Crippen molar-refractivity contribution in [2.75, 3.05) is 26.1 Å². The van der Waals surface area contributed by atoms with Crippen molar-refractivity contribution in [3.05, 3.63) is 48.0 Å². The van der Waals surface area contributed by atoms with Crippen molar-refractivity contribution in [1.29, 1.82) is 0 Å². The van der Waals surface area contributed by atoms with Crippen molar-refractivity contribution in [2.45, 2.75) is 18.9 Å². The van der Waals surface area contributed by atoms with Gasteiger partial charge in [0, 0.05) is 5.69 Å². The van der Waals surface area contributed by atoms with Gasteiger partial charge < -0.3 is 30.3 Å². The highest BCUT2D eigenvalue weighted by atomic mass is 16.5. The first-order chi connectivity index (χ1) is 13.4. The lowest BCUT2D eigenvalue weighted by Gasteiger charge is -2.15. The number of carbonyl (C=O) groups is 2. The molecule has 1 atom stereocenters. The van der Waals surface area contributed by atoms with Crippen LogP contribution in [0.2, 0.25) is 0 Å². The van der Waals surface area contributed by atoms with E-state index in [0.29, 0.717) is 30.2 Å². The van der Waals surface area contributed by atoms with Crippen LogP contribution in [0.25, 0.3) is 0 Å². The minimum atomic E-state index is -1.10. The Kier molecular flexibility index (Phi) is 7.65. The van der Waals surface area contributed by atoms with Gasteiger partial charge in [-0.05, 0) is 54.9 Å². The van der Waals surface area contributed by atoms with Gasteiger partial charge in [0.2, 0.25) is 5.91 Å². The molecule has 0 aliphatic rings. The quantitative estimate of drug-likeness (QED) is 0.460. The van der Waals surface area contributed by atoms with Gasteiger partial charge in [-0.1, -0.05) is 6.07 Å². The second-order valence-electron chi connectivity index (χ2n) is 6.08. The first kappa shape index (κ1) is 21.0. The predicted molar refractivity (Wildman–Crippen MR) is 104 cm³/mol. The van der Waals surface area contributed by atoms with Crippen molar-refractivity contribution in [3.8, 4) is 17.2 Å². The number of phenols is 1. The summed E-state index contributed by atoms with van der Waals surface area (Å²) in [5.41, 5.74) is 1.43. The Morgan fingerprint density at radius 2 is 1.71 bits per heavy atom. The fraction of sp³-hybridized carbons (Fsp3) is 0.300. The number of phenolic OH excluding ortho intramolecular Hbond substituents is 1. The van der Waals surface area contributed by atoms with Crippen LogP contribution in [0, 0.1) is 0 Å². The Balaban J connectivity index is 1.88. The molecule has 0 aliphatic carbocycles. The van der Waals surface area contributed by atoms with Gasteiger partial charge in [0.1, 0.15) is 11.8 Å². The van der Waals surface area contributed by atoms with Crippen molar-refractivity contribution in [1.82, 2.24) is 5.32 Å². The number of rotatable bonds is 10. The van der Waals surface area contributed by atoms with Gasteiger partial charge in [-0.3, -0.25) is 9.59 Å². The molecular formula is C20H24N2O6. The van der Waals surface area contributed by atoms with Gasteiger partial charge in [0.05, 0.1) is 20.6 Å². The van der Waals surface area contributed by atoms with Crippen LogP contribution in [0.5, 0.6) is 17.2 Å². The second-order valence-corrected chi connectivity index (χ2v) is 6.08. The van der Waals surface area contributed by atoms with E-state index in [4.69, 9.17) is 9.47 Å². The van der Waals surface area contributed by atoms with Crippen LogP contribution in [0.1, 0.15) is 12.0 Å². The molecule has 0 saturated heterocycles. The van der Waals surface area contributed by atoms with Crippen LogP contribution in [0.4, 0.5) is 5.69 Å². The molecule has 1 unspecified atom stereocenters. The number of methoxy groups -OCH3 is 2. The first-order valence-corrected chi connectivity index (χ1v) is 8.69. The Hall–Kier alpha value is -3.26. The second kappa shape index (κ2) is 10.2. The van der Waals surface area contributed by atoms with E-state index in [1.165, 1.54) is 24.3 Å². The highest BCUT2D eigenvalue weighted by Crippen LogP contribution is 2.27. The molecule has 150 valence electrons. The van der Waals surface area contributed by atoms with Crippen LogP contribution in [0.3, 0.4) is 0 Å². The number of hydrogen-bond acceptors (Lipinski definition) is 6. The molecule has 4 N–H and O–H groups in total. The third kappa shape index (κ3) is 6.17. The minimum Gasteiger partial charge on any atom is -0.508 e. The summed E-state index contributed by atoms with van der Waals surface area (Å²) in [5, 5.41) is 24.1. The number of benzene rings is 2. The Morgan fingerprint density at radius 1 is 1.04 bits per heavy atom. The molecule has 2 rings (SSSR count). The fourth-order valence-electron chi connectivity index (χ4n) is 2.62. The number of carbonyl (C=O) groups excluding carboxylic acids is 1. The number of carboxylic acids is 1. The Morgan fingerprint density at radius 3 is 2.32 bits per heavy atom. The third-order valence-corrected chi connectivity index (χ3v) is 4.09. The summed E-state index contributed by atoms with van der Waals surface area (Å²) in [6.07, 6.45) is 0.339. The van der Waals surface area contributed by atoms with Gasteiger partial charge in [-0.15, -0.1) is 0 Å². The summed E-state index contributed by atoms with van der Waals surface area (Å²) in [7, 11) is 3.10. The van der Waals surface area contributed by atoms with E-state index in [2.05, 4.69) is 10.6 Å². The van der Waals surface area contributed by atoms with Crippen molar-refractivity contribution in [2.24, 2.45) is 0 Å². The lowest BCUT2D eigenvalue weighted by atomic mass is 10.1. The summed E-state index contributed by atoms with van der Waals surface area (Å²) in [6, 6.07) is 10.4. The van der Waals surface area contributed by atoms with Crippen LogP contribution < -0.4 is 20.1 Å². The number of nitrogens with one attached hydrogen (secondary N) is 2. The third-order valence-electron chi connectivity index (χ3n) is 4.09. The average molecular weight is 388 g/mol. The smallest absolute Gasteiger partial charge is 0.321 e. The predicted octanol–water partition coefficient (Wildman–Crippen LogP) is 2.02. The maximum absolute atomic E-state index is 12.1. The maximum atomic E-state index is 12.1. The van der Waals surface area contributed by atoms with E-state index in [9.17, 15) is 19.8 Å². The number of anilines is 1. The first-order valence-electron chi connectivity index (χ1n) is 8.69. The minimum absolute atomic E-state index is 0.0817. The molecule has 0 bridgehead atoms. The van der Waals surface area contributed by atoms with Crippen LogP contribution >= 0.6 is 0 Å². The normalized spacial score (nSPS) is 11.5. The van der Waals surface area contributed by atoms with Crippen LogP contribution in [-0.4, -0.2) is 48.9 Å². The van der Waals surface area contributed by atoms with E-state index in [0.717, 1.165) is 5.56 Å². The number of amides is 1. The fourth-order valence-corrected chi connectivity index (χ4v) is 2.62. The summed E-state index contributed by atoms with van der Waals surface area (Å²) in [4.78, 5) is 23.5. The highest BCUT2D eigenvalue weighted by Gasteiger charge is 2.20. The van der Waals surface area contributed by atoms with Gasteiger partial charge in [0.15, 0.2) is 11.5 Å². The average Bonchev–Trinajstić information content (AvgIpc) is 2.68. The summed E-state index contributed by atoms with van der Waals surface area (Å²) >= 11 is 0. The SMILES string of the molecule is COc1ccc(CCNC(CC(=O)Nc2ccc(O)cc2)C(=O)O)cc1OC. The van der Waals surface area contributed by atoms with Crippen molar-refractivity contribution < 1.29 is 29.3 Å². The molecular weight excluding hydrogens is 364 g/mol. The molecule has 8 nitrogen and oxygen atoms in total. The number of hydrogen-bond donors (Lipinski definition) is 4. The summed E-state index contributed by atoms with van der Waals surface area (Å²) in [6.45, 7) is 0.374. The maximum Gasteiger partial charge on any atom is 0.321 e. The molecule has 28 heavy (non-hydrogen) atoms. The molecule has 0 heterocycles. The van der Waals surface area contributed by atoms with Gasteiger partial charge in [0.25, 0.3) is 0 Å². The standard InChI is InChI=1S/C20H24N2O6/c1-27-17-8-3-13(11-18(17)28-2)9-10-21-16(20(25)26)12-19(24)22-14-4-6-15(23)7-5-14/h3-8,11,16,21,23H,9-10,12H2,1-2H3,(H,22,24)(H,25,26). The Bertz CT molecular complexity index is 807. The molecule has 0 spiro atoms. The number of aliphatic carboxylic acids is 1. The van der Waals surface area contributed by atoms with E-state index < -0.39 is 17.9 Å². The van der Waals surface area contributed by atoms with E-state index in [1.807, 2.05) is 12.1 Å². The molecule has 0 aromatic heterocycles. The number of carboxylic acid groups (broad SMARTS) is 1. The molecule has 0 radical (unpaired) electrons. The number of ether oxygens (including phenoxy) is 2.